The van der Waals surface area contributed by atoms with Gasteiger partial charge in [0.1, 0.15) is 65.2 Å². The van der Waals surface area contributed by atoms with E-state index in [4.69, 9.17) is 55.2 Å². The molecule has 140 heavy (non-hydrogen) atoms. The van der Waals surface area contributed by atoms with Crippen molar-refractivity contribution in [3.8, 4) is 29.7 Å². The summed E-state index contributed by atoms with van der Waals surface area (Å²) in [5, 5.41) is 0.754. The largest absolute Gasteiger partial charge is 0.377 e. The molecule has 0 spiro atoms. The van der Waals surface area contributed by atoms with Crippen LogP contribution in [0.15, 0.2) is 175 Å². The van der Waals surface area contributed by atoms with Crippen LogP contribution in [0.1, 0.15) is 79.0 Å². The lowest BCUT2D eigenvalue weighted by Gasteiger charge is -2.34. The third-order valence-electron chi connectivity index (χ3n) is 24.4. The quantitative estimate of drug-likeness (QED) is 0.0770. The minimum atomic E-state index is -2.44. The number of aryl methyl sites for hydroxylation is 1. The van der Waals surface area contributed by atoms with Crippen LogP contribution >= 0.6 is 11.6 Å². The standard InChI is InChI=1S/3C20H24N6O2S.C19H23FN6O2S.C14H19ClN6O2S/c3*1-14-12-28-10-9-25(14)19-11-18(24-29(2,27)15-7-8-15)22-20(23-19)26-13-21-16-5-3-4-6-17(16)26;1-12-11-28-9-8-25(12)17-10-16(24-29(3,4)27)22-19(23-17)26-13(2)21-15-7-5-6-14(20)18(15)26;1-10-9-23-7-6-20(10)12-8-11(19-24(2,3)22)17-14(18-12)21-5-4-16-13(21)15/h3*3-6,11,13-15H,7-10,12H2,1-2H3;5-7,10,12H,8-9,11H2,1-4H3;4-5,8,10H,6-7,9H2,1-3H3/t14-,29?;14-,29+;14-,29-;12-;10-/m11111/s1. The molecule has 0 bridgehead atoms. The number of halogens is 2. The van der Waals surface area contributed by atoms with Gasteiger partial charge in [0.2, 0.25) is 35.0 Å². The summed E-state index contributed by atoms with van der Waals surface area (Å²) in [5.74, 6) is 7.85. The van der Waals surface area contributed by atoms with Crippen molar-refractivity contribution in [1.29, 1.82) is 0 Å². The smallest absolute Gasteiger partial charge is 0.240 e. The van der Waals surface area contributed by atoms with E-state index in [1.54, 1.807) is 115 Å². The summed E-state index contributed by atoms with van der Waals surface area (Å²) in [7, 11) is -11.7. The Labute approximate surface area is 818 Å². The Morgan fingerprint density at radius 2 is 0.636 bits per heavy atom. The number of imidazole rings is 5. The number of fused-ring (bicyclic) bond motifs is 4. The summed E-state index contributed by atoms with van der Waals surface area (Å²) >= 11 is 6.08. The molecule has 40 nitrogen and oxygen atoms in total. The number of rotatable bonds is 18. The molecule has 5 aliphatic heterocycles. The van der Waals surface area contributed by atoms with E-state index in [-0.39, 0.29) is 63.0 Å². The third kappa shape index (κ3) is 23.3. The van der Waals surface area contributed by atoms with Crippen molar-refractivity contribution >= 4 is 163 Å². The van der Waals surface area contributed by atoms with E-state index in [2.05, 4.69) is 129 Å². The Bertz CT molecular complexity index is 7200. The summed E-state index contributed by atoms with van der Waals surface area (Å²) in [5.41, 5.74) is 6.20. The van der Waals surface area contributed by atoms with Crippen LogP contribution in [0.4, 0.5) is 62.6 Å². The monoisotopic (exact) mass is 2020 g/mol. The van der Waals surface area contributed by atoms with Gasteiger partial charge in [-0.25, -0.2) is 50.4 Å². The average molecular weight is 2030 g/mol. The van der Waals surface area contributed by atoms with Crippen molar-refractivity contribution in [3.63, 3.8) is 0 Å². The van der Waals surface area contributed by atoms with Crippen molar-refractivity contribution in [2.24, 2.45) is 21.8 Å². The maximum atomic E-state index is 14.6. The fourth-order valence-electron chi connectivity index (χ4n) is 16.9. The molecular formula is C93H114ClFN30O10S5. The second kappa shape index (κ2) is 41.4. The highest BCUT2D eigenvalue weighted by molar-refractivity contribution is 7.94. The summed E-state index contributed by atoms with van der Waals surface area (Å²) in [6.45, 7) is 22.1. The molecule has 4 aromatic carbocycles. The second-order valence-electron chi connectivity index (χ2n) is 36.5. The number of hydrogen-bond acceptors (Lipinski definition) is 35. The predicted molar refractivity (Wildman–Crippen MR) is 545 cm³/mol. The Hall–Kier alpha value is -11.9. The van der Waals surface area contributed by atoms with Crippen molar-refractivity contribution < 1.29 is 49.1 Å². The van der Waals surface area contributed by atoms with Gasteiger partial charge in [-0.05, 0) is 140 Å². The number of hydrogen-bond donors (Lipinski definition) is 0. The first-order valence-corrected chi connectivity index (χ1v) is 57.3. The van der Waals surface area contributed by atoms with Crippen molar-refractivity contribution in [1.82, 2.24) is 97.6 Å². The first-order valence-electron chi connectivity index (χ1n) is 46.3. The van der Waals surface area contributed by atoms with Gasteiger partial charge >= 0.3 is 0 Å². The zero-order chi connectivity index (χ0) is 98.1. The fraction of sp³-hybridized carbons (Fsp3) is 0.452. The molecule has 8 atom stereocenters. The van der Waals surface area contributed by atoms with Crippen LogP contribution in [-0.4, -0.2) is 307 Å². The van der Waals surface area contributed by atoms with E-state index in [1.807, 2.05) is 112 Å². The van der Waals surface area contributed by atoms with Crippen LogP contribution in [0.2, 0.25) is 5.28 Å². The number of para-hydroxylation sites is 7. The van der Waals surface area contributed by atoms with E-state index < -0.39 is 54.5 Å². The van der Waals surface area contributed by atoms with Crippen molar-refractivity contribution in [2.75, 3.05) is 167 Å². The molecule has 47 heteroatoms. The van der Waals surface area contributed by atoms with Gasteiger partial charge < -0.3 is 48.2 Å². The third-order valence-corrected chi connectivity index (χ3v) is 32.7. The molecule has 3 aliphatic carbocycles. The van der Waals surface area contributed by atoms with Gasteiger partial charge in [-0.2, -0.15) is 71.7 Å². The average Bonchev–Trinajstić information content (AvgIpc) is 1.61. The van der Waals surface area contributed by atoms with E-state index in [0.717, 1.165) is 109 Å². The van der Waals surface area contributed by atoms with Gasteiger partial charge in [0, 0.05) is 154 Å². The minimum Gasteiger partial charge on any atom is -0.377 e. The molecule has 740 valence electrons. The lowest BCUT2D eigenvalue weighted by molar-refractivity contribution is 0.0985. The molecule has 8 aliphatic rings. The van der Waals surface area contributed by atoms with Crippen molar-refractivity contribution in [2.45, 2.75) is 126 Å². The Balaban J connectivity index is 0.000000116. The number of benzene rings is 4. The predicted octanol–water partition coefficient (Wildman–Crippen LogP) is 13.5. The van der Waals surface area contributed by atoms with Gasteiger partial charge in [-0.15, -0.1) is 0 Å². The molecule has 10 aromatic heterocycles. The molecule has 0 N–H and O–H groups in total. The number of nitrogens with zero attached hydrogens (tertiary/aromatic N) is 30. The minimum absolute atomic E-state index is 0.101. The van der Waals surface area contributed by atoms with Gasteiger partial charge in [0.05, 0.1) is 164 Å². The molecule has 0 radical (unpaired) electrons. The summed E-state index contributed by atoms with van der Waals surface area (Å²) in [6.07, 6.45) is 25.6. The van der Waals surface area contributed by atoms with Gasteiger partial charge in [-0.1, -0.05) is 42.5 Å². The maximum Gasteiger partial charge on any atom is 0.240 e. The van der Waals surface area contributed by atoms with Gasteiger partial charge in [-0.3, -0.25) is 22.8 Å². The number of anilines is 5. The maximum absolute atomic E-state index is 14.6. The highest BCUT2D eigenvalue weighted by atomic mass is 35.5. The van der Waals surface area contributed by atoms with Gasteiger partial charge in [0.15, 0.2) is 29.1 Å². The number of ether oxygens (including phenoxy) is 5. The molecular weight excluding hydrogens is 1910 g/mol. The van der Waals surface area contributed by atoms with Crippen LogP contribution < -0.4 is 24.5 Å². The number of aromatic nitrogens is 20. The highest BCUT2D eigenvalue weighted by Crippen LogP contribution is 2.39. The van der Waals surface area contributed by atoms with E-state index in [9.17, 15) is 25.4 Å². The van der Waals surface area contributed by atoms with Crippen molar-refractivity contribution in [3.05, 3.63) is 170 Å². The van der Waals surface area contributed by atoms with E-state index in [0.29, 0.717) is 155 Å². The number of morpholine rings is 5. The van der Waals surface area contributed by atoms with E-state index in [1.165, 1.54) is 6.07 Å². The zero-order valence-corrected chi connectivity index (χ0v) is 85.0. The molecule has 0 amide bonds. The zero-order valence-electron chi connectivity index (χ0n) is 80.2. The Kier molecular flexibility index (Phi) is 29.1. The first kappa shape index (κ1) is 98.3. The normalized spacial score (nSPS) is 20.4. The molecule has 14 aromatic rings. The molecule has 15 heterocycles. The molecule has 5 saturated heterocycles. The lowest BCUT2D eigenvalue weighted by atomic mass is 10.2. The van der Waals surface area contributed by atoms with E-state index >= 15 is 0 Å². The summed E-state index contributed by atoms with van der Waals surface area (Å²) in [6, 6.07) is 38.1. The van der Waals surface area contributed by atoms with Crippen LogP contribution in [0.5, 0.6) is 0 Å². The SMILES string of the molecule is C[C@@H]1COCCN1c1cc(N=S(C)(=O)C2CC2)nc(-n2cnc3ccccc32)n1.C[C@@H]1COCCN1c1cc(N=S(C)(C)=O)nc(-n2ccnc2Cl)n1.C[C@@H]1COCCN1c1cc(N=[S@@](C)(=O)C2CC2)nc(-n2cnc3ccccc32)n1.C[C@@H]1COCCN1c1cc(N=[S@](C)(=O)C2CC2)nc(-n2cnc3ccccc32)n1.Cc1nc2cccc(F)c2n1-c1nc(N=S(C)(C)=O)cc(N2CCOC[C@H]2C)n1. The van der Waals surface area contributed by atoms with Gasteiger partial charge in [0.25, 0.3) is 0 Å². The van der Waals surface area contributed by atoms with Crippen LogP contribution in [-0.2, 0) is 72.3 Å². The summed E-state index contributed by atoms with van der Waals surface area (Å²) < 4.78 is 137. The topological polar surface area (TPSA) is 427 Å². The van der Waals surface area contributed by atoms with Crippen LogP contribution in [0.25, 0.3) is 73.9 Å². The Morgan fingerprint density at radius 1 is 0.350 bits per heavy atom. The molecule has 1 unspecified atom stereocenters. The molecule has 22 rings (SSSR count). The fourth-order valence-corrected chi connectivity index (χ4v) is 23.0. The molecule has 8 fully saturated rings. The summed E-state index contributed by atoms with van der Waals surface area (Å²) in [4.78, 5) is 79.1. The molecule has 3 saturated carbocycles. The highest BCUT2D eigenvalue weighted by Gasteiger charge is 2.36. The van der Waals surface area contributed by atoms with Crippen LogP contribution in [0, 0.1) is 12.7 Å². The lowest BCUT2D eigenvalue weighted by Crippen LogP contribution is -2.44. The Morgan fingerprint density at radius 3 is 0.929 bits per heavy atom. The first-order chi connectivity index (χ1) is 67.1. The second-order valence-corrected chi connectivity index (χ2v) is 49.6. The van der Waals surface area contributed by atoms with Crippen LogP contribution in [0.3, 0.4) is 0 Å².